The summed E-state index contributed by atoms with van der Waals surface area (Å²) in [6.45, 7) is 4.38. The van der Waals surface area contributed by atoms with Crippen molar-refractivity contribution in [2.45, 2.75) is 24.3 Å². The molecule has 0 saturated carbocycles. The van der Waals surface area contributed by atoms with Gasteiger partial charge in [0.25, 0.3) is 0 Å². The Labute approximate surface area is 107 Å². The molecule has 2 rings (SSSR count). The van der Waals surface area contributed by atoms with Crippen LogP contribution in [0.25, 0.3) is 0 Å². The molecule has 0 aliphatic carbocycles. The zero-order chi connectivity index (χ0) is 13.6. The first-order valence-corrected chi connectivity index (χ1v) is 7.25. The van der Waals surface area contributed by atoms with Crippen LogP contribution >= 0.6 is 0 Å². The molecule has 1 fully saturated rings. The lowest BCUT2D eigenvalue weighted by molar-refractivity contribution is 0.110. The molecule has 1 aromatic rings. The molecule has 0 radical (unpaired) electrons. The summed E-state index contributed by atoms with van der Waals surface area (Å²) >= 11 is 0. The van der Waals surface area contributed by atoms with Crippen LogP contribution in [0.4, 0.5) is 4.39 Å². The minimum absolute atomic E-state index is 0.185. The molecule has 1 aromatic carbocycles. The number of rotatable bonds is 3. The van der Waals surface area contributed by atoms with Crippen LogP contribution in [0.3, 0.4) is 0 Å². The third kappa shape index (κ3) is 2.04. The fraction of sp³-hybridized carbons (Fsp3) is 0.500. The maximum atomic E-state index is 13.5. The van der Waals surface area contributed by atoms with Crippen molar-refractivity contribution in [1.82, 2.24) is 4.31 Å². The van der Waals surface area contributed by atoms with Gasteiger partial charge >= 0.3 is 0 Å². The van der Waals surface area contributed by atoms with Gasteiger partial charge < -0.3 is 5.73 Å². The highest BCUT2D eigenvalue weighted by molar-refractivity contribution is 7.89. The van der Waals surface area contributed by atoms with Crippen molar-refractivity contribution < 1.29 is 12.8 Å². The number of hydrogen-bond acceptors (Lipinski definition) is 3. The topological polar surface area (TPSA) is 63.4 Å². The first-order valence-electron chi connectivity index (χ1n) is 5.81. The van der Waals surface area contributed by atoms with E-state index in [1.807, 2.05) is 13.8 Å². The summed E-state index contributed by atoms with van der Waals surface area (Å²) in [5.41, 5.74) is 5.55. The predicted molar refractivity (Wildman–Crippen MR) is 66.9 cm³/mol. The van der Waals surface area contributed by atoms with Crippen LogP contribution in [-0.4, -0.2) is 31.4 Å². The summed E-state index contributed by atoms with van der Waals surface area (Å²) in [5.74, 6) is -0.541. The van der Waals surface area contributed by atoms with Crippen molar-refractivity contribution in [1.29, 1.82) is 0 Å². The van der Waals surface area contributed by atoms with Gasteiger partial charge in [-0.2, -0.15) is 4.31 Å². The molecule has 0 unspecified atom stereocenters. The average molecular weight is 272 g/mol. The summed E-state index contributed by atoms with van der Waals surface area (Å²) in [4.78, 5) is -0.282. The standard InChI is InChI=1S/C12H17FN2O2S/c1-9(2)12(14)7-15(8-12)18(16,17)11-6-4-3-5-10(11)13/h3-6,9H,7-8,14H2,1-2H3. The summed E-state index contributed by atoms with van der Waals surface area (Å²) in [7, 11) is -3.76. The second kappa shape index (κ2) is 4.29. The minimum Gasteiger partial charge on any atom is -0.323 e. The van der Waals surface area contributed by atoms with E-state index in [-0.39, 0.29) is 23.9 Å². The van der Waals surface area contributed by atoms with Gasteiger partial charge in [0.05, 0.1) is 0 Å². The Hall–Kier alpha value is -0.980. The quantitative estimate of drug-likeness (QED) is 0.898. The molecular weight excluding hydrogens is 255 g/mol. The molecule has 2 N–H and O–H groups in total. The van der Waals surface area contributed by atoms with E-state index in [2.05, 4.69) is 0 Å². The Morgan fingerprint density at radius 2 is 1.89 bits per heavy atom. The van der Waals surface area contributed by atoms with Crippen LogP contribution < -0.4 is 5.73 Å². The summed E-state index contributed by atoms with van der Waals surface area (Å²) in [5, 5.41) is 0. The first-order chi connectivity index (χ1) is 8.27. The van der Waals surface area contributed by atoms with Gasteiger partial charge in [-0.25, -0.2) is 12.8 Å². The maximum Gasteiger partial charge on any atom is 0.246 e. The molecular formula is C12H17FN2O2S. The smallest absolute Gasteiger partial charge is 0.246 e. The predicted octanol–water partition coefficient (Wildman–Crippen LogP) is 1.18. The van der Waals surface area contributed by atoms with Crippen LogP contribution in [0, 0.1) is 11.7 Å². The highest BCUT2D eigenvalue weighted by Crippen LogP contribution is 2.31. The SMILES string of the molecule is CC(C)C1(N)CN(S(=O)(=O)c2ccccc2F)C1. The van der Waals surface area contributed by atoms with E-state index in [0.29, 0.717) is 0 Å². The summed E-state index contributed by atoms with van der Waals surface area (Å²) in [6.07, 6.45) is 0. The summed E-state index contributed by atoms with van der Waals surface area (Å²) in [6, 6.07) is 5.39. The van der Waals surface area contributed by atoms with Gasteiger partial charge in [-0.1, -0.05) is 26.0 Å². The highest BCUT2D eigenvalue weighted by Gasteiger charge is 2.48. The van der Waals surface area contributed by atoms with E-state index >= 15 is 0 Å². The van der Waals surface area contributed by atoms with E-state index in [9.17, 15) is 12.8 Å². The van der Waals surface area contributed by atoms with E-state index in [4.69, 9.17) is 5.73 Å². The van der Waals surface area contributed by atoms with Crippen molar-refractivity contribution in [3.8, 4) is 0 Å². The number of nitrogens with two attached hydrogens (primary N) is 1. The van der Waals surface area contributed by atoms with Crippen molar-refractivity contribution in [2.75, 3.05) is 13.1 Å². The minimum atomic E-state index is -3.76. The lowest BCUT2D eigenvalue weighted by Crippen LogP contribution is -2.70. The highest BCUT2D eigenvalue weighted by atomic mass is 32.2. The molecule has 0 atom stereocenters. The normalized spacial score (nSPS) is 19.8. The van der Waals surface area contributed by atoms with E-state index in [0.717, 1.165) is 6.07 Å². The number of halogens is 1. The van der Waals surface area contributed by atoms with E-state index < -0.39 is 21.4 Å². The zero-order valence-electron chi connectivity index (χ0n) is 10.4. The molecule has 0 bridgehead atoms. The van der Waals surface area contributed by atoms with Crippen LogP contribution in [-0.2, 0) is 10.0 Å². The van der Waals surface area contributed by atoms with Crippen molar-refractivity contribution in [2.24, 2.45) is 11.7 Å². The fourth-order valence-electron chi connectivity index (χ4n) is 1.94. The second-order valence-corrected chi connectivity index (χ2v) is 7.00. The molecule has 1 saturated heterocycles. The lowest BCUT2D eigenvalue weighted by atomic mass is 9.82. The molecule has 100 valence electrons. The summed E-state index contributed by atoms with van der Waals surface area (Å²) < 4.78 is 39.1. The van der Waals surface area contributed by atoms with Crippen LogP contribution in [0.1, 0.15) is 13.8 Å². The molecule has 6 heteroatoms. The van der Waals surface area contributed by atoms with E-state index in [1.54, 1.807) is 0 Å². The molecule has 18 heavy (non-hydrogen) atoms. The Morgan fingerprint density at radius 1 is 1.33 bits per heavy atom. The maximum absolute atomic E-state index is 13.5. The molecule has 4 nitrogen and oxygen atoms in total. The third-order valence-electron chi connectivity index (χ3n) is 3.55. The van der Waals surface area contributed by atoms with Gasteiger partial charge in [-0.3, -0.25) is 0 Å². The molecule has 1 heterocycles. The fourth-order valence-corrected chi connectivity index (χ4v) is 3.60. The van der Waals surface area contributed by atoms with Gasteiger partial charge in [-0.15, -0.1) is 0 Å². The number of hydrogen-bond donors (Lipinski definition) is 1. The Bertz CT molecular complexity index is 551. The van der Waals surface area contributed by atoms with Gasteiger partial charge in [0.15, 0.2) is 0 Å². The Balaban J connectivity index is 2.24. The van der Waals surface area contributed by atoms with Crippen LogP contribution in [0.2, 0.25) is 0 Å². The zero-order valence-corrected chi connectivity index (χ0v) is 11.2. The van der Waals surface area contributed by atoms with Gasteiger partial charge in [-0.05, 0) is 18.1 Å². The number of nitrogens with zero attached hydrogens (tertiary/aromatic N) is 1. The van der Waals surface area contributed by atoms with Gasteiger partial charge in [0.1, 0.15) is 10.7 Å². The van der Waals surface area contributed by atoms with Crippen molar-refractivity contribution in [3.05, 3.63) is 30.1 Å². The third-order valence-corrected chi connectivity index (χ3v) is 5.37. The lowest BCUT2D eigenvalue weighted by Gasteiger charge is -2.49. The first kappa shape index (κ1) is 13.5. The van der Waals surface area contributed by atoms with Crippen LogP contribution in [0.15, 0.2) is 29.2 Å². The number of benzene rings is 1. The molecule has 1 aliphatic rings. The van der Waals surface area contributed by atoms with E-state index in [1.165, 1.54) is 22.5 Å². The van der Waals surface area contributed by atoms with Gasteiger partial charge in [0.2, 0.25) is 10.0 Å². The largest absolute Gasteiger partial charge is 0.323 e. The average Bonchev–Trinajstić information content (AvgIpc) is 2.24. The molecule has 0 amide bonds. The second-order valence-electron chi connectivity index (χ2n) is 5.09. The Morgan fingerprint density at radius 3 is 2.39 bits per heavy atom. The monoisotopic (exact) mass is 272 g/mol. The Kier molecular flexibility index (Phi) is 3.21. The van der Waals surface area contributed by atoms with Crippen molar-refractivity contribution >= 4 is 10.0 Å². The number of sulfonamides is 1. The van der Waals surface area contributed by atoms with Crippen LogP contribution in [0.5, 0.6) is 0 Å². The van der Waals surface area contributed by atoms with Gasteiger partial charge in [0, 0.05) is 18.6 Å². The van der Waals surface area contributed by atoms with Crippen molar-refractivity contribution in [3.63, 3.8) is 0 Å². The molecule has 0 spiro atoms. The molecule has 1 aliphatic heterocycles. The molecule has 0 aromatic heterocycles.